The molecule has 0 aromatic carbocycles. The Kier molecular flexibility index (Phi) is 5.07. The monoisotopic (exact) mass is 218 g/mol. The molecule has 1 amide bonds. The highest BCUT2D eigenvalue weighted by molar-refractivity contribution is 5.78. The molecule has 1 radical (unpaired) electrons. The molecule has 0 heterocycles. The minimum absolute atomic E-state index is 0.147. The Morgan fingerprint density at radius 2 is 1.87 bits per heavy atom. The van der Waals surface area contributed by atoms with Gasteiger partial charge in [-0.05, 0) is 27.7 Å². The molecule has 0 saturated heterocycles. The zero-order chi connectivity index (χ0) is 12.1. The third-order valence-electron chi connectivity index (χ3n) is 1.20. The fraction of sp³-hybridized carbons (Fsp3) is 0.778. The molecule has 1 N–H and O–H groups in total. The van der Waals surface area contributed by atoms with Crippen molar-refractivity contribution in [3.8, 4) is 0 Å². The van der Waals surface area contributed by atoms with Crippen LogP contribution in [0.1, 0.15) is 27.7 Å². The number of carbonyl (C=O) groups is 2. The lowest BCUT2D eigenvalue weighted by molar-refractivity contribution is -0.158. The molecule has 0 bridgehead atoms. The standard InChI is InChI=1S/C9H16NO5/c1-5-14-6(7(11)12)10-8(13)15-9(2,3)4/h6H,5H2,1-4H3,(H,10,13). The van der Waals surface area contributed by atoms with Crippen molar-refractivity contribution in [2.24, 2.45) is 0 Å². The van der Waals surface area contributed by atoms with Crippen molar-refractivity contribution < 1.29 is 24.2 Å². The van der Waals surface area contributed by atoms with Gasteiger partial charge in [0, 0.05) is 6.61 Å². The maximum absolute atomic E-state index is 11.1. The molecule has 15 heavy (non-hydrogen) atoms. The maximum atomic E-state index is 11.1. The van der Waals surface area contributed by atoms with Gasteiger partial charge in [-0.1, -0.05) is 0 Å². The van der Waals surface area contributed by atoms with Gasteiger partial charge in [-0.25, -0.2) is 14.7 Å². The van der Waals surface area contributed by atoms with Crippen molar-refractivity contribution in [3.63, 3.8) is 0 Å². The van der Waals surface area contributed by atoms with Crippen molar-refractivity contribution in [1.29, 1.82) is 0 Å². The Morgan fingerprint density at radius 1 is 1.33 bits per heavy atom. The Balaban J connectivity index is 4.18. The van der Waals surface area contributed by atoms with Crippen LogP contribution in [0.5, 0.6) is 0 Å². The van der Waals surface area contributed by atoms with E-state index in [4.69, 9.17) is 9.47 Å². The van der Waals surface area contributed by atoms with Gasteiger partial charge in [0.2, 0.25) is 6.23 Å². The van der Waals surface area contributed by atoms with Gasteiger partial charge in [-0.15, -0.1) is 0 Å². The molecular formula is C9H16NO5. The lowest BCUT2D eigenvalue weighted by Crippen LogP contribution is -2.44. The van der Waals surface area contributed by atoms with E-state index in [1.165, 1.54) is 0 Å². The van der Waals surface area contributed by atoms with E-state index in [1.807, 2.05) is 5.32 Å². The summed E-state index contributed by atoms with van der Waals surface area (Å²) >= 11 is 0. The van der Waals surface area contributed by atoms with Gasteiger partial charge in [-0.2, -0.15) is 0 Å². The highest BCUT2D eigenvalue weighted by atomic mass is 16.6. The average Bonchev–Trinajstić information content (AvgIpc) is 1.99. The molecule has 1 unspecified atom stereocenters. The Labute approximate surface area is 88.6 Å². The highest BCUT2D eigenvalue weighted by Gasteiger charge is 2.25. The van der Waals surface area contributed by atoms with E-state index >= 15 is 0 Å². The van der Waals surface area contributed by atoms with E-state index in [1.54, 1.807) is 27.7 Å². The van der Waals surface area contributed by atoms with Crippen molar-refractivity contribution >= 4 is 12.1 Å². The molecule has 0 aromatic heterocycles. The Morgan fingerprint density at radius 3 is 2.20 bits per heavy atom. The summed E-state index contributed by atoms with van der Waals surface area (Å²) in [5.41, 5.74) is -0.688. The second kappa shape index (κ2) is 5.55. The van der Waals surface area contributed by atoms with Crippen LogP contribution in [0.25, 0.3) is 0 Å². The SMILES string of the molecule is CCOC(NC(=O)OC(C)(C)C)C([O])=O. The van der Waals surface area contributed by atoms with Gasteiger partial charge >= 0.3 is 12.1 Å². The molecule has 0 aliphatic carbocycles. The van der Waals surface area contributed by atoms with Crippen molar-refractivity contribution in [3.05, 3.63) is 0 Å². The second-order valence-electron chi connectivity index (χ2n) is 3.80. The van der Waals surface area contributed by atoms with Crippen molar-refractivity contribution in [2.45, 2.75) is 39.5 Å². The second-order valence-corrected chi connectivity index (χ2v) is 3.80. The van der Waals surface area contributed by atoms with Crippen LogP contribution in [0.4, 0.5) is 4.79 Å². The van der Waals surface area contributed by atoms with E-state index < -0.39 is 23.9 Å². The first kappa shape index (κ1) is 13.7. The summed E-state index contributed by atoms with van der Waals surface area (Å²) in [4.78, 5) is 21.6. The normalized spacial score (nSPS) is 13.1. The van der Waals surface area contributed by atoms with E-state index in [0.717, 1.165) is 0 Å². The number of amides is 1. The molecule has 0 fully saturated rings. The minimum atomic E-state index is -1.51. The minimum Gasteiger partial charge on any atom is -0.444 e. The first-order valence-electron chi connectivity index (χ1n) is 4.58. The predicted molar refractivity (Wildman–Crippen MR) is 50.5 cm³/mol. The largest absolute Gasteiger partial charge is 0.444 e. The number of hydrogen-bond donors (Lipinski definition) is 1. The zero-order valence-corrected chi connectivity index (χ0v) is 9.33. The summed E-state index contributed by atoms with van der Waals surface area (Å²) in [6.45, 7) is 6.75. The fourth-order valence-corrected chi connectivity index (χ4v) is 0.750. The van der Waals surface area contributed by atoms with E-state index in [9.17, 15) is 14.7 Å². The third kappa shape index (κ3) is 6.73. The summed E-state index contributed by atoms with van der Waals surface area (Å²) in [7, 11) is 0. The van der Waals surface area contributed by atoms with Gasteiger partial charge in [-0.3, -0.25) is 5.32 Å². The molecule has 0 aromatic rings. The maximum Gasteiger partial charge on any atom is 0.410 e. The molecule has 87 valence electrons. The quantitative estimate of drug-likeness (QED) is 0.708. The van der Waals surface area contributed by atoms with Crippen LogP contribution in [0.3, 0.4) is 0 Å². The predicted octanol–water partition coefficient (Wildman–Crippen LogP) is 0.831. The van der Waals surface area contributed by atoms with Gasteiger partial charge in [0.25, 0.3) is 0 Å². The molecule has 6 nitrogen and oxygen atoms in total. The average molecular weight is 218 g/mol. The molecular weight excluding hydrogens is 202 g/mol. The van der Waals surface area contributed by atoms with Crippen molar-refractivity contribution in [2.75, 3.05) is 6.61 Å². The first-order chi connectivity index (χ1) is 6.76. The van der Waals surface area contributed by atoms with E-state index in [0.29, 0.717) is 0 Å². The zero-order valence-electron chi connectivity index (χ0n) is 9.33. The summed E-state index contributed by atoms with van der Waals surface area (Å²) < 4.78 is 9.56. The summed E-state index contributed by atoms with van der Waals surface area (Å²) in [6, 6.07) is 0. The van der Waals surface area contributed by atoms with Crippen molar-refractivity contribution in [1.82, 2.24) is 5.32 Å². The van der Waals surface area contributed by atoms with Gasteiger partial charge in [0.1, 0.15) is 5.60 Å². The number of hydrogen-bond acceptors (Lipinski definition) is 4. The smallest absolute Gasteiger partial charge is 0.410 e. The summed E-state index contributed by atoms with van der Waals surface area (Å²) in [5.74, 6) is -1.51. The van der Waals surface area contributed by atoms with Crippen LogP contribution in [-0.2, 0) is 19.4 Å². The van der Waals surface area contributed by atoms with Gasteiger partial charge in [0.15, 0.2) is 0 Å². The number of carbonyl (C=O) groups excluding carboxylic acids is 2. The van der Waals surface area contributed by atoms with Crippen LogP contribution >= 0.6 is 0 Å². The lowest BCUT2D eigenvalue weighted by Gasteiger charge is -2.21. The van der Waals surface area contributed by atoms with Gasteiger partial charge < -0.3 is 9.47 Å². The van der Waals surface area contributed by atoms with Crippen LogP contribution in [0.15, 0.2) is 0 Å². The highest BCUT2D eigenvalue weighted by Crippen LogP contribution is 2.06. The number of ether oxygens (including phenoxy) is 2. The molecule has 1 atom stereocenters. The number of rotatable bonds is 4. The molecule has 0 saturated carbocycles. The van der Waals surface area contributed by atoms with E-state index in [2.05, 4.69) is 0 Å². The fourth-order valence-electron chi connectivity index (χ4n) is 0.750. The molecule has 0 aliphatic heterocycles. The van der Waals surface area contributed by atoms with Crippen LogP contribution in [-0.4, -0.2) is 30.5 Å². The molecule has 0 aliphatic rings. The Bertz CT molecular complexity index is 233. The first-order valence-corrected chi connectivity index (χ1v) is 4.58. The van der Waals surface area contributed by atoms with Crippen LogP contribution in [0.2, 0.25) is 0 Å². The summed E-state index contributed by atoms with van der Waals surface area (Å²) in [6.07, 6.45) is -2.34. The summed E-state index contributed by atoms with van der Waals surface area (Å²) in [5, 5.41) is 12.5. The van der Waals surface area contributed by atoms with E-state index in [-0.39, 0.29) is 6.61 Å². The lowest BCUT2D eigenvalue weighted by atomic mass is 10.2. The third-order valence-corrected chi connectivity index (χ3v) is 1.20. The Hall–Kier alpha value is -1.30. The van der Waals surface area contributed by atoms with Gasteiger partial charge in [0.05, 0.1) is 0 Å². The molecule has 0 rings (SSSR count). The topological polar surface area (TPSA) is 84.5 Å². The molecule has 0 spiro atoms. The number of alkyl carbamates (subject to hydrolysis) is 1. The molecule has 6 heteroatoms. The van der Waals surface area contributed by atoms with Crippen LogP contribution in [0, 0.1) is 0 Å². The number of nitrogens with one attached hydrogen (secondary N) is 1. The van der Waals surface area contributed by atoms with Crippen LogP contribution < -0.4 is 5.32 Å².